The molecule has 3 rings (SSSR count). The maximum absolute atomic E-state index is 12.2. The van der Waals surface area contributed by atoms with E-state index in [9.17, 15) is 4.79 Å². The Balaban J connectivity index is 1.80. The fourth-order valence-electron chi connectivity index (χ4n) is 1.88. The first-order valence-electron chi connectivity index (χ1n) is 6.03. The number of ether oxygens (including phenoxy) is 2. The molecule has 0 unspecified atom stereocenters. The van der Waals surface area contributed by atoms with Gasteiger partial charge in [0.05, 0.1) is 5.69 Å². The maximum Gasteiger partial charge on any atom is 0.267 e. The normalized spacial score (nSPS) is 12.3. The molecule has 1 aliphatic rings. The van der Waals surface area contributed by atoms with Gasteiger partial charge in [-0.25, -0.2) is 4.98 Å². The average molecular weight is 291 g/mol. The number of carbonyl (C=O) groups excluding carboxylic acids is 1. The lowest BCUT2D eigenvalue weighted by Gasteiger charge is -2.05. The average Bonchev–Trinajstić information content (AvgIpc) is 3.04. The third-order valence-corrected chi connectivity index (χ3v) is 4.02. The van der Waals surface area contributed by atoms with E-state index in [1.807, 2.05) is 6.92 Å². The van der Waals surface area contributed by atoms with E-state index in [1.165, 1.54) is 11.3 Å². The Morgan fingerprint density at radius 3 is 2.90 bits per heavy atom. The summed E-state index contributed by atoms with van der Waals surface area (Å²) >= 11 is 1.32. The number of nitrogens with one attached hydrogen (secondary N) is 2. The zero-order chi connectivity index (χ0) is 14.1. The van der Waals surface area contributed by atoms with E-state index in [0.29, 0.717) is 27.8 Å². The van der Waals surface area contributed by atoms with Gasteiger partial charge >= 0.3 is 0 Å². The quantitative estimate of drug-likeness (QED) is 0.909. The molecule has 0 saturated carbocycles. The molecule has 1 amide bonds. The number of carbonyl (C=O) groups is 1. The van der Waals surface area contributed by atoms with Crippen LogP contribution >= 0.6 is 11.3 Å². The number of benzene rings is 1. The van der Waals surface area contributed by atoms with Gasteiger partial charge in [0, 0.05) is 18.8 Å². The highest BCUT2D eigenvalue weighted by Gasteiger charge is 2.17. The number of thiazole rings is 1. The van der Waals surface area contributed by atoms with E-state index in [-0.39, 0.29) is 12.7 Å². The molecule has 6 nitrogen and oxygen atoms in total. The number of anilines is 2. The van der Waals surface area contributed by atoms with Crippen molar-refractivity contribution in [1.82, 2.24) is 4.98 Å². The van der Waals surface area contributed by atoms with Crippen molar-refractivity contribution in [1.29, 1.82) is 0 Å². The summed E-state index contributed by atoms with van der Waals surface area (Å²) in [6.45, 7) is 2.03. The lowest BCUT2D eigenvalue weighted by molar-refractivity contribution is 0.103. The van der Waals surface area contributed by atoms with Crippen LogP contribution in [0.3, 0.4) is 0 Å². The summed E-state index contributed by atoms with van der Waals surface area (Å²) in [5, 5.41) is 6.49. The molecule has 0 spiro atoms. The summed E-state index contributed by atoms with van der Waals surface area (Å²) in [4.78, 5) is 17.1. The van der Waals surface area contributed by atoms with E-state index in [4.69, 9.17) is 9.47 Å². The Morgan fingerprint density at radius 1 is 1.35 bits per heavy atom. The van der Waals surface area contributed by atoms with Gasteiger partial charge in [-0.3, -0.25) is 4.79 Å². The standard InChI is InChI=1S/C13H13N3O3S/c1-7-11(20-13(14-2)15-7)12(17)16-8-3-4-9-10(5-8)19-6-18-9/h3-5H,6H2,1-2H3,(H,14,15)(H,16,17). The largest absolute Gasteiger partial charge is 0.454 e. The van der Waals surface area contributed by atoms with Gasteiger partial charge in [0.25, 0.3) is 5.91 Å². The molecule has 2 aromatic rings. The van der Waals surface area contributed by atoms with Gasteiger partial charge in [-0.2, -0.15) is 0 Å². The number of hydrogen-bond donors (Lipinski definition) is 2. The van der Waals surface area contributed by atoms with Crippen molar-refractivity contribution in [2.75, 3.05) is 24.5 Å². The van der Waals surface area contributed by atoms with Crippen LogP contribution in [0.15, 0.2) is 18.2 Å². The zero-order valence-electron chi connectivity index (χ0n) is 11.0. The van der Waals surface area contributed by atoms with Crippen LogP contribution < -0.4 is 20.1 Å². The molecule has 1 aromatic carbocycles. The van der Waals surface area contributed by atoms with E-state index in [0.717, 1.165) is 5.13 Å². The minimum atomic E-state index is -0.180. The second-order valence-corrected chi connectivity index (χ2v) is 5.20. The SMILES string of the molecule is CNc1nc(C)c(C(=O)Nc2ccc3c(c2)OCO3)s1. The van der Waals surface area contributed by atoms with Crippen molar-refractivity contribution in [3.63, 3.8) is 0 Å². The van der Waals surface area contributed by atoms with Gasteiger partial charge in [-0.05, 0) is 19.1 Å². The Morgan fingerprint density at radius 2 is 2.15 bits per heavy atom. The first-order valence-corrected chi connectivity index (χ1v) is 6.85. The second kappa shape index (κ2) is 5.01. The molecule has 0 saturated heterocycles. The Hall–Kier alpha value is -2.28. The van der Waals surface area contributed by atoms with Gasteiger partial charge in [-0.1, -0.05) is 11.3 Å². The third-order valence-electron chi connectivity index (χ3n) is 2.85. The molecule has 0 bridgehead atoms. The lowest BCUT2D eigenvalue weighted by Crippen LogP contribution is -2.11. The van der Waals surface area contributed by atoms with E-state index >= 15 is 0 Å². The van der Waals surface area contributed by atoms with Crippen LogP contribution in [0.1, 0.15) is 15.4 Å². The van der Waals surface area contributed by atoms with Crippen molar-refractivity contribution >= 4 is 28.1 Å². The van der Waals surface area contributed by atoms with Crippen LogP contribution in [-0.2, 0) is 0 Å². The molecule has 0 fully saturated rings. The Labute approximate surface area is 119 Å². The predicted octanol–water partition coefficient (Wildman–Crippen LogP) is 2.47. The van der Waals surface area contributed by atoms with Crippen LogP contribution in [0.2, 0.25) is 0 Å². The number of fused-ring (bicyclic) bond motifs is 1. The van der Waals surface area contributed by atoms with Crippen LogP contribution in [0.25, 0.3) is 0 Å². The molecular weight excluding hydrogens is 278 g/mol. The maximum atomic E-state index is 12.2. The fourth-order valence-corrected chi connectivity index (χ4v) is 2.69. The van der Waals surface area contributed by atoms with Crippen molar-refractivity contribution in [2.45, 2.75) is 6.92 Å². The molecule has 0 radical (unpaired) electrons. The molecule has 7 heteroatoms. The van der Waals surface area contributed by atoms with Crippen molar-refractivity contribution in [3.8, 4) is 11.5 Å². The zero-order valence-corrected chi connectivity index (χ0v) is 11.8. The van der Waals surface area contributed by atoms with Gasteiger partial charge in [-0.15, -0.1) is 0 Å². The second-order valence-electron chi connectivity index (χ2n) is 4.21. The van der Waals surface area contributed by atoms with Gasteiger partial charge in [0.1, 0.15) is 4.88 Å². The minimum Gasteiger partial charge on any atom is -0.454 e. The number of aryl methyl sites for hydroxylation is 1. The van der Waals surface area contributed by atoms with Crippen molar-refractivity contribution in [3.05, 3.63) is 28.8 Å². The third kappa shape index (κ3) is 2.27. The summed E-state index contributed by atoms with van der Waals surface area (Å²) in [5.74, 6) is 1.15. The van der Waals surface area contributed by atoms with E-state index < -0.39 is 0 Å². The van der Waals surface area contributed by atoms with Crippen LogP contribution in [0, 0.1) is 6.92 Å². The molecule has 20 heavy (non-hydrogen) atoms. The summed E-state index contributed by atoms with van der Waals surface area (Å²) in [6, 6.07) is 5.30. The molecule has 1 aliphatic heterocycles. The molecule has 104 valence electrons. The Bertz CT molecular complexity index is 669. The molecule has 2 N–H and O–H groups in total. The number of nitrogens with zero attached hydrogens (tertiary/aromatic N) is 1. The highest BCUT2D eigenvalue weighted by Crippen LogP contribution is 2.34. The summed E-state index contributed by atoms with van der Waals surface area (Å²) in [5.41, 5.74) is 1.37. The lowest BCUT2D eigenvalue weighted by atomic mass is 10.2. The summed E-state index contributed by atoms with van der Waals surface area (Å²) in [7, 11) is 1.78. The molecular formula is C13H13N3O3S. The highest BCUT2D eigenvalue weighted by atomic mass is 32.1. The molecule has 0 atom stereocenters. The fraction of sp³-hybridized carbons (Fsp3) is 0.231. The van der Waals surface area contributed by atoms with Gasteiger partial charge in [0.2, 0.25) is 6.79 Å². The van der Waals surface area contributed by atoms with E-state index in [1.54, 1.807) is 25.2 Å². The Kier molecular flexibility index (Phi) is 3.19. The van der Waals surface area contributed by atoms with Crippen molar-refractivity contribution < 1.29 is 14.3 Å². The number of hydrogen-bond acceptors (Lipinski definition) is 6. The van der Waals surface area contributed by atoms with E-state index in [2.05, 4.69) is 15.6 Å². The first-order chi connectivity index (χ1) is 9.67. The van der Waals surface area contributed by atoms with Gasteiger partial charge < -0.3 is 20.1 Å². The monoisotopic (exact) mass is 291 g/mol. The number of rotatable bonds is 3. The summed E-state index contributed by atoms with van der Waals surface area (Å²) < 4.78 is 10.5. The van der Waals surface area contributed by atoms with Crippen LogP contribution in [-0.4, -0.2) is 24.7 Å². The van der Waals surface area contributed by atoms with Crippen molar-refractivity contribution in [2.24, 2.45) is 0 Å². The first kappa shape index (κ1) is 12.7. The molecule has 2 heterocycles. The molecule has 0 aliphatic carbocycles. The smallest absolute Gasteiger partial charge is 0.267 e. The highest BCUT2D eigenvalue weighted by molar-refractivity contribution is 7.17. The topological polar surface area (TPSA) is 72.5 Å². The number of amides is 1. The van der Waals surface area contributed by atoms with Crippen LogP contribution in [0.5, 0.6) is 11.5 Å². The van der Waals surface area contributed by atoms with Gasteiger partial charge in [0.15, 0.2) is 16.6 Å². The predicted molar refractivity (Wildman–Crippen MR) is 76.9 cm³/mol. The summed E-state index contributed by atoms with van der Waals surface area (Å²) in [6.07, 6.45) is 0. The molecule has 1 aromatic heterocycles. The minimum absolute atomic E-state index is 0.180. The van der Waals surface area contributed by atoms with Crippen LogP contribution in [0.4, 0.5) is 10.8 Å². The number of aromatic nitrogens is 1.